The van der Waals surface area contributed by atoms with Gasteiger partial charge in [0.15, 0.2) is 0 Å². The Kier molecular flexibility index (Phi) is 10.2. The van der Waals surface area contributed by atoms with E-state index in [1.807, 2.05) is 6.07 Å². The lowest BCUT2D eigenvalue weighted by Crippen LogP contribution is -2.14. The maximum Gasteiger partial charge on any atom is 0.232 e. The molecule has 0 radical (unpaired) electrons. The Bertz CT molecular complexity index is 391. The van der Waals surface area contributed by atoms with Crippen LogP contribution in [-0.4, -0.2) is 45.1 Å². The number of nitrogens with zero attached hydrogens (tertiary/aromatic N) is 1. The predicted octanol–water partition coefficient (Wildman–Crippen LogP) is 2.67. The summed E-state index contributed by atoms with van der Waals surface area (Å²) in [5, 5.41) is 3.86. The number of hydrogen-bond donors (Lipinski definition) is 1. The fourth-order valence-corrected chi connectivity index (χ4v) is 1.90. The van der Waals surface area contributed by atoms with E-state index >= 15 is 0 Å². The summed E-state index contributed by atoms with van der Waals surface area (Å²) in [6.45, 7) is 6.28. The first-order valence-corrected chi connectivity index (χ1v) is 7.70. The zero-order chi connectivity index (χ0) is 15.3. The van der Waals surface area contributed by atoms with Gasteiger partial charge in [-0.05, 0) is 24.6 Å². The van der Waals surface area contributed by atoms with Crippen molar-refractivity contribution in [3.63, 3.8) is 0 Å². The van der Waals surface area contributed by atoms with Crippen LogP contribution in [0, 0.1) is 0 Å². The average Bonchev–Trinajstić information content (AvgIpc) is 2.48. The standard InChI is InChI=1S/C15H25ClN2O3/c1-3-5-17-11-13-10-14(16)15(18-12-13)21-7-4-6-20-9-8-19-2/h10,12,17H,3-9,11H2,1-2H3. The molecule has 120 valence electrons. The van der Waals surface area contributed by atoms with E-state index in [0.717, 1.165) is 31.5 Å². The van der Waals surface area contributed by atoms with Crippen LogP contribution in [0.3, 0.4) is 0 Å². The molecule has 0 fully saturated rings. The van der Waals surface area contributed by atoms with Gasteiger partial charge in [0.2, 0.25) is 5.88 Å². The number of halogens is 1. The number of nitrogens with one attached hydrogen (secondary N) is 1. The van der Waals surface area contributed by atoms with Crippen LogP contribution in [0.15, 0.2) is 12.3 Å². The SMILES string of the molecule is CCCNCc1cnc(OCCCOCCOC)c(Cl)c1. The molecule has 0 spiro atoms. The zero-order valence-corrected chi connectivity index (χ0v) is 13.6. The van der Waals surface area contributed by atoms with Crippen molar-refractivity contribution in [3.05, 3.63) is 22.8 Å². The molecule has 0 amide bonds. The van der Waals surface area contributed by atoms with E-state index in [2.05, 4.69) is 17.2 Å². The second-order valence-electron chi connectivity index (χ2n) is 4.61. The largest absolute Gasteiger partial charge is 0.477 e. The first kappa shape index (κ1) is 18.2. The van der Waals surface area contributed by atoms with Crippen LogP contribution in [-0.2, 0) is 16.0 Å². The van der Waals surface area contributed by atoms with Crippen molar-refractivity contribution in [2.24, 2.45) is 0 Å². The highest BCUT2D eigenvalue weighted by atomic mass is 35.5. The van der Waals surface area contributed by atoms with Gasteiger partial charge in [-0.25, -0.2) is 4.98 Å². The Morgan fingerprint density at radius 3 is 2.81 bits per heavy atom. The van der Waals surface area contributed by atoms with E-state index in [4.69, 9.17) is 25.8 Å². The van der Waals surface area contributed by atoms with Crippen LogP contribution >= 0.6 is 11.6 Å². The molecule has 21 heavy (non-hydrogen) atoms. The number of hydrogen-bond acceptors (Lipinski definition) is 5. The number of methoxy groups -OCH3 is 1. The highest BCUT2D eigenvalue weighted by molar-refractivity contribution is 6.31. The minimum absolute atomic E-state index is 0.479. The topological polar surface area (TPSA) is 52.6 Å². The van der Waals surface area contributed by atoms with Gasteiger partial charge in [0.05, 0.1) is 19.8 Å². The van der Waals surface area contributed by atoms with Crippen LogP contribution < -0.4 is 10.1 Å². The monoisotopic (exact) mass is 316 g/mol. The molecule has 0 aromatic carbocycles. The van der Waals surface area contributed by atoms with Crippen LogP contribution in [0.5, 0.6) is 5.88 Å². The van der Waals surface area contributed by atoms with Gasteiger partial charge < -0.3 is 19.5 Å². The van der Waals surface area contributed by atoms with Crippen molar-refractivity contribution >= 4 is 11.6 Å². The van der Waals surface area contributed by atoms with Crippen molar-refractivity contribution in [3.8, 4) is 5.88 Å². The lowest BCUT2D eigenvalue weighted by Gasteiger charge is -2.09. The van der Waals surface area contributed by atoms with Crippen LogP contribution in [0.2, 0.25) is 5.02 Å². The van der Waals surface area contributed by atoms with Gasteiger partial charge in [0.1, 0.15) is 5.02 Å². The van der Waals surface area contributed by atoms with Gasteiger partial charge in [-0.3, -0.25) is 0 Å². The first-order chi connectivity index (χ1) is 10.3. The summed E-state index contributed by atoms with van der Waals surface area (Å²) in [6.07, 6.45) is 3.69. The molecule has 1 aromatic rings. The summed E-state index contributed by atoms with van der Waals surface area (Å²) in [7, 11) is 1.65. The first-order valence-electron chi connectivity index (χ1n) is 7.32. The molecule has 5 nitrogen and oxygen atoms in total. The molecule has 0 saturated heterocycles. The Labute approximate surface area is 131 Å². The molecule has 6 heteroatoms. The molecule has 0 saturated carbocycles. The average molecular weight is 317 g/mol. The summed E-state index contributed by atoms with van der Waals surface area (Å²) in [4.78, 5) is 4.25. The molecule has 0 aliphatic heterocycles. The van der Waals surface area contributed by atoms with Crippen molar-refractivity contribution < 1.29 is 14.2 Å². The highest BCUT2D eigenvalue weighted by Gasteiger charge is 2.05. The predicted molar refractivity (Wildman–Crippen MR) is 84.1 cm³/mol. The van der Waals surface area contributed by atoms with Crippen molar-refractivity contribution in [2.75, 3.05) is 40.1 Å². The summed E-state index contributed by atoms with van der Waals surface area (Å²) in [5.41, 5.74) is 1.06. The highest BCUT2D eigenvalue weighted by Crippen LogP contribution is 2.22. The van der Waals surface area contributed by atoms with E-state index in [-0.39, 0.29) is 0 Å². The number of aromatic nitrogens is 1. The van der Waals surface area contributed by atoms with Crippen molar-refractivity contribution in [1.82, 2.24) is 10.3 Å². The van der Waals surface area contributed by atoms with E-state index < -0.39 is 0 Å². The van der Waals surface area contributed by atoms with Gasteiger partial charge in [-0.15, -0.1) is 0 Å². The summed E-state index contributed by atoms with van der Waals surface area (Å²) < 4.78 is 15.8. The van der Waals surface area contributed by atoms with E-state index in [1.54, 1.807) is 13.3 Å². The lowest BCUT2D eigenvalue weighted by atomic mass is 10.3. The molecule has 1 N–H and O–H groups in total. The van der Waals surface area contributed by atoms with E-state index in [0.29, 0.717) is 37.3 Å². The summed E-state index contributed by atoms with van der Waals surface area (Å²) in [6, 6.07) is 1.89. The van der Waals surface area contributed by atoms with E-state index in [9.17, 15) is 0 Å². The molecular weight excluding hydrogens is 292 g/mol. The Morgan fingerprint density at radius 2 is 2.10 bits per heavy atom. The molecule has 0 aliphatic rings. The Morgan fingerprint density at radius 1 is 1.24 bits per heavy atom. The fraction of sp³-hybridized carbons (Fsp3) is 0.667. The Balaban J connectivity index is 2.22. The van der Waals surface area contributed by atoms with Crippen molar-refractivity contribution in [2.45, 2.75) is 26.3 Å². The van der Waals surface area contributed by atoms with Crippen molar-refractivity contribution in [1.29, 1.82) is 0 Å². The molecule has 1 aromatic heterocycles. The molecule has 0 aliphatic carbocycles. The maximum atomic E-state index is 6.16. The Hall–Kier alpha value is -0.880. The lowest BCUT2D eigenvalue weighted by molar-refractivity contribution is 0.0642. The number of pyridine rings is 1. The van der Waals surface area contributed by atoms with Crippen LogP contribution in [0.4, 0.5) is 0 Å². The molecule has 0 unspecified atom stereocenters. The molecular formula is C15H25ClN2O3. The summed E-state index contributed by atoms with van der Waals surface area (Å²) >= 11 is 6.16. The van der Waals surface area contributed by atoms with Gasteiger partial charge in [0, 0.05) is 32.9 Å². The second kappa shape index (κ2) is 11.7. The van der Waals surface area contributed by atoms with Gasteiger partial charge in [-0.1, -0.05) is 18.5 Å². The third-order valence-electron chi connectivity index (χ3n) is 2.72. The van der Waals surface area contributed by atoms with Gasteiger partial charge in [0.25, 0.3) is 0 Å². The number of ether oxygens (including phenoxy) is 3. The minimum atomic E-state index is 0.479. The molecule has 0 atom stereocenters. The smallest absolute Gasteiger partial charge is 0.232 e. The third-order valence-corrected chi connectivity index (χ3v) is 2.99. The second-order valence-corrected chi connectivity index (χ2v) is 5.02. The normalized spacial score (nSPS) is 10.8. The van der Waals surface area contributed by atoms with Gasteiger partial charge >= 0.3 is 0 Å². The number of rotatable bonds is 12. The molecule has 1 heterocycles. The van der Waals surface area contributed by atoms with Crippen LogP contribution in [0.1, 0.15) is 25.3 Å². The summed E-state index contributed by atoms with van der Waals surface area (Å²) in [5.74, 6) is 0.479. The fourth-order valence-electron chi connectivity index (χ4n) is 1.65. The molecule has 1 rings (SSSR count). The van der Waals surface area contributed by atoms with Gasteiger partial charge in [-0.2, -0.15) is 0 Å². The third kappa shape index (κ3) is 8.21. The quantitative estimate of drug-likeness (QED) is 0.601. The zero-order valence-electron chi connectivity index (χ0n) is 12.9. The van der Waals surface area contributed by atoms with Crippen LogP contribution in [0.25, 0.3) is 0 Å². The minimum Gasteiger partial charge on any atom is -0.477 e. The molecule has 0 bridgehead atoms. The maximum absolute atomic E-state index is 6.16. The van der Waals surface area contributed by atoms with E-state index in [1.165, 1.54) is 0 Å².